The molecule has 0 radical (unpaired) electrons. The summed E-state index contributed by atoms with van der Waals surface area (Å²) < 4.78 is 0. The summed E-state index contributed by atoms with van der Waals surface area (Å²) in [4.78, 5) is 2.43. The second kappa shape index (κ2) is 5.46. The highest BCUT2D eigenvalue weighted by Gasteiger charge is 2.22. The molecule has 1 aromatic heterocycles. The Morgan fingerprint density at radius 2 is 2.56 bits per heavy atom. The summed E-state index contributed by atoms with van der Waals surface area (Å²) in [5.74, 6) is 0.779. The molecule has 0 aliphatic carbocycles. The van der Waals surface area contributed by atoms with E-state index < -0.39 is 0 Å². The first kappa shape index (κ1) is 11.6. The summed E-state index contributed by atoms with van der Waals surface area (Å²) in [6, 6.07) is 2.60. The molecule has 2 atom stereocenters. The van der Waals surface area contributed by atoms with Gasteiger partial charge in [-0.15, -0.1) is 0 Å². The van der Waals surface area contributed by atoms with E-state index in [0.29, 0.717) is 6.04 Å². The number of likely N-dealkylation sites (tertiary alicyclic amines) is 1. The molecule has 1 aliphatic rings. The lowest BCUT2D eigenvalue weighted by molar-refractivity contribution is 0.178. The Bertz CT molecular complexity index is 296. The Kier molecular flexibility index (Phi) is 3.96. The van der Waals surface area contributed by atoms with Crippen LogP contribution in [0.3, 0.4) is 0 Å². The molecule has 0 saturated carbocycles. The summed E-state index contributed by atoms with van der Waals surface area (Å²) in [5, 5.41) is 10.5. The summed E-state index contributed by atoms with van der Waals surface area (Å²) in [6.07, 6.45) is 4.48. The average molecular weight is 222 g/mol. The largest absolute Gasteiger partial charge is 0.308 e. The Hall–Kier alpha value is -0.870. The van der Waals surface area contributed by atoms with Crippen LogP contribution in [-0.4, -0.2) is 41.3 Å². The number of nitrogens with one attached hydrogen (secondary N) is 2. The molecule has 1 saturated heterocycles. The predicted octanol–water partition coefficient (Wildman–Crippen LogP) is 1.23. The first-order valence-corrected chi connectivity index (χ1v) is 6.16. The maximum absolute atomic E-state index is 3.95. The first-order chi connectivity index (χ1) is 7.75. The number of aromatic amines is 1. The van der Waals surface area contributed by atoms with Crippen molar-refractivity contribution in [2.24, 2.45) is 5.92 Å². The van der Waals surface area contributed by atoms with E-state index in [0.717, 1.165) is 18.2 Å². The number of rotatable bonds is 4. The van der Waals surface area contributed by atoms with Crippen molar-refractivity contribution < 1.29 is 0 Å². The lowest BCUT2D eigenvalue weighted by atomic mass is 9.92. The standard InChI is InChI=1S/C12H22N4/c1-10(11-4-3-7-16(2)9-11)13-8-12-5-6-14-15-12/h5-6,10-11,13H,3-4,7-9H2,1-2H3,(H,14,15). The van der Waals surface area contributed by atoms with Gasteiger partial charge in [0, 0.05) is 31.0 Å². The highest BCUT2D eigenvalue weighted by molar-refractivity contribution is 4.97. The third-order valence-corrected chi connectivity index (χ3v) is 3.54. The van der Waals surface area contributed by atoms with Crippen molar-refractivity contribution in [3.05, 3.63) is 18.0 Å². The quantitative estimate of drug-likeness (QED) is 0.805. The minimum atomic E-state index is 0.575. The molecule has 0 aromatic carbocycles. The van der Waals surface area contributed by atoms with Gasteiger partial charge < -0.3 is 10.2 Å². The smallest absolute Gasteiger partial charge is 0.0490 e. The topological polar surface area (TPSA) is 44.0 Å². The van der Waals surface area contributed by atoms with E-state index in [4.69, 9.17) is 0 Å². The van der Waals surface area contributed by atoms with Crippen molar-refractivity contribution in [1.29, 1.82) is 0 Å². The predicted molar refractivity (Wildman–Crippen MR) is 65.1 cm³/mol. The summed E-state index contributed by atoms with van der Waals surface area (Å²) in [6.45, 7) is 5.66. The third kappa shape index (κ3) is 3.06. The molecule has 0 bridgehead atoms. The van der Waals surface area contributed by atoms with E-state index in [9.17, 15) is 0 Å². The molecule has 2 N–H and O–H groups in total. The summed E-state index contributed by atoms with van der Waals surface area (Å²) in [5.41, 5.74) is 1.16. The van der Waals surface area contributed by atoms with E-state index in [-0.39, 0.29) is 0 Å². The van der Waals surface area contributed by atoms with Crippen LogP contribution in [0, 0.1) is 5.92 Å². The lowest BCUT2D eigenvalue weighted by Gasteiger charge is -2.33. The van der Waals surface area contributed by atoms with Crippen molar-refractivity contribution >= 4 is 0 Å². The molecule has 16 heavy (non-hydrogen) atoms. The highest BCUT2D eigenvalue weighted by Crippen LogP contribution is 2.18. The van der Waals surface area contributed by atoms with Crippen LogP contribution in [0.5, 0.6) is 0 Å². The number of hydrogen-bond acceptors (Lipinski definition) is 3. The van der Waals surface area contributed by atoms with Gasteiger partial charge in [-0.1, -0.05) is 0 Å². The van der Waals surface area contributed by atoms with E-state index in [1.807, 2.05) is 6.07 Å². The highest BCUT2D eigenvalue weighted by atomic mass is 15.1. The van der Waals surface area contributed by atoms with Gasteiger partial charge in [0.25, 0.3) is 0 Å². The van der Waals surface area contributed by atoms with Gasteiger partial charge >= 0.3 is 0 Å². The van der Waals surface area contributed by atoms with Crippen molar-refractivity contribution in [1.82, 2.24) is 20.4 Å². The average Bonchev–Trinajstić information content (AvgIpc) is 2.78. The van der Waals surface area contributed by atoms with Crippen molar-refractivity contribution in [3.8, 4) is 0 Å². The van der Waals surface area contributed by atoms with Gasteiger partial charge in [0.1, 0.15) is 0 Å². The zero-order valence-corrected chi connectivity index (χ0v) is 10.2. The van der Waals surface area contributed by atoms with Gasteiger partial charge in [-0.05, 0) is 45.3 Å². The molecule has 2 heterocycles. The first-order valence-electron chi connectivity index (χ1n) is 6.16. The van der Waals surface area contributed by atoms with Crippen molar-refractivity contribution in [2.75, 3.05) is 20.1 Å². The van der Waals surface area contributed by atoms with Crippen LogP contribution < -0.4 is 5.32 Å². The second-order valence-corrected chi connectivity index (χ2v) is 4.92. The molecule has 4 nitrogen and oxygen atoms in total. The molecule has 1 fully saturated rings. The summed E-state index contributed by atoms with van der Waals surface area (Å²) in [7, 11) is 2.22. The van der Waals surface area contributed by atoms with Gasteiger partial charge in [0.2, 0.25) is 0 Å². The Morgan fingerprint density at radius 3 is 3.25 bits per heavy atom. The molecule has 2 unspecified atom stereocenters. The van der Waals surface area contributed by atoms with Crippen LogP contribution >= 0.6 is 0 Å². The zero-order valence-electron chi connectivity index (χ0n) is 10.2. The number of aromatic nitrogens is 2. The van der Waals surface area contributed by atoms with Gasteiger partial charge in [-0.25, -0.2) is 0 Å². The molecule has 4 heteroatoms. The van der Waals surface area contributed by atoms with Gasteiger partial charge in [-0.2, -0.15) is 5.10 Å². The van der Waals surface area contributed by atoms with E-state index in [1.54, 1.807) is 6.20 Å². The van der Waals surface area contributed by atoms with Crippen LogP contribution in [0.4, 0.5) is 0 Å². The normalized spacial score (nSPS) is 24.5. The SMILES string of the molecule is CC(NCc1ccn[nH]1)C1CCCN(C)C1. The molecular formula is C12H22N4. The minimum absolute atomic E-state index is 0.575. The van der Waals surface area contributed by atoms with Gasteiger partial charge in [-0.3, -0.25) is 5.10 Å². The molecule has 0 spiro atoms. The van der Waals surface area contributed by atoms with Crippen molar-refractivity contribution in [2.45, 2.75) is 32.4 Å². The van der Waals surface area contributed by atoms with Crippen LogP contribution in [0.1, 0.15) is 25.5 Å². The number of hydrogen-bond donors (Lipinski definition) is 2. The monoisotopic (exact) mass is 222 g/mol. The van der Waals surface area contributed by atoms with Gasteiger partial charge in [0.15, 0.2) is 0 Å². The maximum atomic E-state index is 3.95. The number of H-pyrrole nitrogens is 1. The molecule has 2 rings (SSSR count). The second-order valence-electron chi connectivity index (χ2n) is 4.92. The Labute approximate surface area is 97.4 Å². The fourth-order valence-electron chi connectivity index (χ4n) is 2.44. The number of piperidine rings is 1. The number of nitrogens with zero attached hydrogens (tertiary/aromatic N) is 2. The fraction of sp³-hybridized carbons (Fsp3) is 0.750. The fourth-order valence-corrected chi connectivity index (χ4v) is 2.44. The Morgan fingerprint density at radius 1 is 1.69 bits per heavy atom. The molecule has 1 aliphatic heterocycles. The van der Waals surface area contributed by atoms with E-state index >= 15 is 0 Å². The van der Waals surface area contributed by atoms with E-state index in [2.05, 4.69) is 34.4 Å². The minimum Gasteiger partial charge on any atom is -0.308 e. The van der Waals surface area contributed by atoms with Crippen molar-refractivity contribution in [3.63, 3.8) is 0 Å². The van der Waals surface area contributed by atoms with E-state index in [1.165, 1.54) is 25.9 Å². The lowest BCUT2D eigenvalue weighted by Crippen LogP contribution is -2.42. The third-order valence-electron chi connectivity index (χ3n) is 3.54. The molecule has 90 valence electrons. The zero-order chi connectivity index (χ0) is 11.4. The maximum Gasteiger partial charge on any atom is 0.0490 e. The van der Waals surface area contributed by atoms with Crippen LogP contribution in [-0.2, 0) is 6.54 Å². The van der Waals surface area contributed by atoms with Crippen LogP contribution in [0.15, 0.2) is 12.3 Å². The molecule has 1 aromatic rings. The van der Waals surface area contributed by atoms with Crippen LogP contribution in [0.2, 0.25) is 0 Å². The van der Waals surface area contributed by atoms with Gasteiger partial charge in [0.05, 0.1) is 0 Å². The van der Waals surface area contributed by atoms with Crippen LogP contribution in [0.25, 0.3) is 0 Å². The molecule has 0 amide bonds. The molecular weight excluding hydrogens is 200 g/mol. The Balaban J connectivity index is 1.76. The summed E-state index contributed by atoms with van der Waals surface area (Å²) >= 11 is 0.